The molecule has 20 heavy (non-hydrogen) atoms. The van der Waals surface area contributed by atoms with Gasteiger partial charge in [-0.2, -0.15) is 0 Å². The zero-order valence-corrected chi connectivity index (χ0v) is 10.4. The van der Waals surface area contributed by atoms with E-state index in [0.717, 1.165) is 0 Å². The van der Waals surface area contributed by atoms with E-state index in [4.69, 9.17) is 4.74 Å². The van der Waals surface area contributed by atoms with Gasteiger partial charge in [-0.1, -0.05) is 12.1 Å². The molecule has 1 heterocycles. The van der Waals surface area contributed by atoms with Crippen molar-refractivity contribution in [1.29, 1.82) is 0 Å². The molecule has 0 atom stereocenters. The molecule has 0 amide bonds. The van der Waals surface area contributed by atoms with Crippen LogP contribution in [0.1, 0.15) is 11.1 Å². The summed E-state index contributed by atoms with van der Waals surface area (Å²) in [5.74, 6) is -0.0526. The van der Waals surface area contributed by atoms with E-state index in [2.05, 4.69) is 0 Å². The van der Waals surface area contributed by atoms with Gasteiger partial charge in [0.2, 0.25) is 0 Å². The molecule has 2 aromatic rings. The molecule has 1 aliphatic heterocycles. The predicted octanol–water partition coefficient (Wildman–Crippen LogP) is 2.67. The number of benzene rings is 2. The Kier molecular flexibility index (Phi) is 2.68. The van der Waals surface area contributed by atoms with E-state index in [1.54, 1.807) is 18.2 Å². The van der Waals surface area contributed by atoms with Crippen LogP contribution in [0.5, 0.6) is 23.0 Å². The largest absolute Gasteiger partial charge is 0.508 e. The molecule has 0 fully saturated rings. The predicted molar refractivity (Wildman–Crippen MR) is 71.8 cm³/mol. The van der Waals surface area contributed by atoms with Crippen molar-refractivity contribution in [2.45, 2.75) is 6.42 Å². The van der Waals surface area contributed by atoms with Gasteiger partial charge in [0.25, 0.3) is 0 Å². The van der Waals surface area contributed by atoms with Crippen LogP contribution in [0.25, 0.3) is 5.76 Å². The summed E-state index contributed by atoms with van der Waals surface area (Å²) in [6.07, 6.45) is 0.0606. The lowest BCUT2D eigenvalue weighted by Crippen LogP contribution is -2.09. The van der Waals surface area contributed by atoms with E-state index < -0.39 is 0 Å². The van der Waals surface area contributed by atoms with Crippen molar-refractivity contribution < 1.29 is 25.2 Å². The van der Waals surface area contributed by atoms with Gasteiger partial charge in [-0.3, -0.25) is 0 Å². The summed E-state index contributed by atoms with van der Waals surface area (Å²) in [7, 11) is 0. The first-order chi connectivity index (χ1) is 9.56. The number of phenols is 3. The van der Waals surface area contributed by atoms with Gasteiger partial charge in [0.15, 0.2) is 5.76 Å². The number of aliphatic hydroxyl groups is 1. The Morgan fingerprint density at radius 1 is 0.900 bits per heavy atom. The average Bonchev–Trinajstić information content (AvgIpc) is 2.40. The topological polar surface area (TPSA) is 90.2 Å². The molecule has 3 rings (SSSR count). The quantitative estimate of drug-likeness (QED) is 0.640. The minimum absolute atomic E-state index is 0.0260. The molecule has 0 saturated heterocycles. The molecular formula is C15H12O5. The van der Waals surface area contributed by atoms with Gasteiger partial charge in [-0.15, -0.1) is 0 Å². The van der Waals surface area contributed by atoms with Crippen LogP contribution in [0.15, 0.2) is 42.2 Å². The fraction of sp³-hybridized carbons (Fsp3) is 0.0667. The van der Waals surface area contributed by atoms with Crippen molar-refractivity contribution in [2.24, 2.45) is 0 Å². The first kappa shape index (κ1) is 12.2. The third-order valence-electron chi connectivity index (χ3n) is 3.14. The van der Waals surface area contributed by atoms with E-state index in [1.165, 1.54) is 18.2 Å². The molecule has 0 aliphatic carbocycles. The lowest BCUT2D eigenvalue weighted by Gasteiger charge is -2.22. The normalized spacial score (nSPS) is 13.8. The Labute approximate surface area is 114 Å². The fourth-order valence-corrected chi connectivity index (χ4v) is 2.18. The van der Waals surface area contributed by atoms with E-state index in [9.17, 15) is 20.4 Å². The standard InChI is InChI=1S/C15H12O5/c16-8-5-12(18)10-7-13(19)15(20-14(10)6-8)9-3-1-2-4-11(9)17/h1-6,16-19H,7H2. The summed E-state index contributed by atoms with van der Waals surface area (Å²) < 4.78 is 5.52. The van der Waals surface area contributed by atoms with Crippen LogP contribution in [0, 0.1) is 0 Å². The van der Waals surface area contributed by atoms with Crippen LogP contribution in [-0.4, -0.2) is 20.4 Å². The second kappa shape index (κ2) is 4.38. The zero-order valence-electron chi connectivity index (χ0n) is 10.4. The molecule has 0 aromatic heterocycles. The van der Waals surface area contributed by atoms with Crippen molar-refractivity contribution in [3.63, 3.8) is 0 Å². The Morgan fingerprint density at radius 2 is 1.65 bits per heavy atom. The molecule has 0 saturated carbocycles. The number of allylic oxidation sites excluding steroid dienone is 1. The maximum atomic E-state index is 10.1. The highest BCUT2D eigenvalue weighted by molar-refractivity contribution is 5.72. The molecule has 1 aliphatic rings. The van der Waals surface area contributed by atoms with Gasteiger partial charge in [-0.25, -0.2) is 0 Å². The Morgan fingerprint density at radius 3 is 2.40 bits per heavy atom. The molecule has 102 valence electrons. The molecule has 4 N–H and O–H groups in total. The smallest absolute Gasteiger partial charge is 0.176 e. The maximum absolute atomic E-state index is 10.1. The van der Waals surface area contributed by atoms with Gasteiger partial charge in [0.05, 0.1) is 5.56 Å². The van der Waals surface area contributed by atoms with Crippen molar-refractivity contribution in [3.8, 4) is 23.0 Å². The molecule has 2 aromatic carbocycles. The van der Waals surface area contributed by atoms with E-state index in [-0.39, 0.29) is 40.9 Å². The lowest BCUT2D eigenvalue weighted by atomic mass is 10.0. The van der Waals surface area contributed by atoms with Crippen molar-refractivity contribution in [1.82, 2.24) is 0 Å². The molecule has 0 unspecified atom stereocenters. The number of hydrogen-bond donors (Lipinski definition) is 4. The number of phenolic OH excluding ortho intramolecular Hbond substituents is 3. The minimum atomic E-state index is -0.150. The van der Waals surface area contributed by atoms with Gasteiger partial charge < -0.3 is 25.2 Å². The highest BCUT2D eigenvalue weighted by atomic mass is 16.5. The molecule has 5 nitrogen and oxygen atoms in total. The second-order valence-corrected chi connectivity index (χ2v) is 4.51. The highest BCUT2D eigenvalue weighted by Gasteiger charge is 2.25. The van der Waals surface area contributed by atoms with Crippen LogP contribution in [-0.2, 0) is 6.42 Å². The fourth-order valence-electron chi connectivity index (χ4n) is 2.18. The van der Waals surface area contributed by atoms with Gasteiger partial charge >= 0.3 is 0 Å². The van der Waals surface area contributed by atoms with Crippen LogP contribution >= 0.6 is 0 Å². The summed E-state index contributed by atoms with van der Waals surface area (Å²) in [6, 6.07) is 8.98. The second-order valence-electron chi connectivity index (χ2n) is 4.51. The molecular weight excluding hydrogens is 260 g/mol. The summed E-state index contributed by atoms with van der Waals surface area (Å²) >= 11 is 0. The van der Waals surface area contributed by atoms with E-state index in [1.807, 2.05) is 0 Å². The van der Waals surface area contributed by atoms with Crippen LogP contribution < -0.4 is 4.74 Å². The van der Waals surface area contributed by atoms with Crippen LogP contribution in [0.4, 0.5) is 0 Å². The number of para-hydroxylation sites is 1. The molecule has 0 radical (unpaired) electrons. The third-order valence-corrected chi connectivity index (χ3v) is 3.14. The van der Waals surface area contributed by atoms with Crippen molar-refractivity contribution in [3.05, 3.63) is 53.3 Å². The van der Waals surface area contributed by atoms with E-state index >= 15 is 0 Å². The number of aliphatic hydroxyl groups excluding tert-OH is 1. The summed E-state index contributed by atoms with van der Waals surface area (Å²) in [5, 5.41) is 39.1. The Hall–Kier alpha value is -2.82. The summed E-state index contributed by atoms with van der Waals surface area (Å²) in [5.41, 5.74) is 0.734. The number of aromatic hydroxyl groups is 3. The molecule has 0 bridgehead atoms. The van der Waals surface area contributed by atoms with Crippen LogP contribution in [0.3, 0.4) is 0 Å². The van der Waals surface area contributed by atoms with Gasteiger partial charge in [-0.05, 0) is 12.1 Å². The Bertz CT molecular complexity index is 718. The first-order valence-corrected chi connectivity index (χ1v) is 5.99. The van der Waals surface area contributed by atoms with Gasteiger partial charge in [0, 0.05) is 24.1 Å². The van der Waals surface area contributed by atoms with Crippen molar-refractivity contribution in [2.75, 3.05) is 0 Å². The average molecular weight is 272 g/mol. The number of rotatable bonds is 1. The summed E-state index contributed by atoms with van der Waals surface area (Å²) in [4.78, 5) is 0. The monoisotopic (exact) mass is 272 g/mol. The van der Waals surface area contributed by atoms with Crippen LogP contribution in [0.2, 0.25) is 0 Å². The number of fused-ring (bicyclic) bond motifs is 1. The number of hydrogen-bond acceptors (Lipinski definition) is 5. The SMILES string of the molecule is OC1=C(c2ccccc2O)Oc2cc(O)cc(O)c2C1. The third kappa shape index (κ3) is 1.89. The van der Waals surface area contributed by atoms with Gasteiger partial charge in [0.1, 0.15) is 28.8 Å². The van der Waals surface area contributed by atoms with Crippen molar-refractivity contribution >= 4 is 5.76 Å². The minimum Gasteiger partial charge on any atom is -0.508 e. The summed E-state index contributed by atoms with van der Waals surface area (Å²) in [6.45, 7) is 0. The Balaban J connectivity index is 2.10. The highest BCUT2D eigenvalue weighted by Crippen LogP contribution is 2.42. The van der Waals surface area contributed by atoms with E-state index in [0.29, 0.717) is 11.1 Å². The zero-order chi connectivity index (χ0) is 14.3. The lowest BCUT2D eigenvalue weighted by molar-refractivity contribution is 0.347. The molecule has 5 heteroatoms. The maximum Gasteiger partial charge on any atom is 0.176 e. The number of ether oxygens (including phenoxy) is 1. The molecule has 0 spiro atoms. The first-order valence-electron chi connectivity index (χ1n) is 5.99.